The summed E-state index contributed by atoms with van der Waals surface area (Å²) in [6.45, 7) is 4.39. The van der Waals surface area contributed by atoms with Gasteiger partial charge >= 0.3 is 5.97 Å². The van der Waals surface area contributed by atoms with Crippen molar-refractivity contribution in [2.45, 2.75) is 26.3 Å². The number of aryl methyl sites for hydroxylation is 1. The predicted molar refractivity (Wildman–Crippen MR) is 78.0 cm³/mol. The van der Waals surface area contributed by atoms with Gasteiger partial charge in [-0.15, -0.1) is 0 Å². The summed E-state index contributed by atoms with van der Waals surface area (Å²) in [5, 5.41) is 9.94. The first kappa shape index (κ1) is 13.1. The highest BCUT2D eigenvalue weighted by Crippen LogP contribution is 2.29. The molecule has 1 saturated heterocycles. The molecule has 2 aromatic rings. The molecule has 0 aromatic carbocycles. The lowest BCUT2D eigenvalue weighted by molar-refractivity contribution is 0.0695. The Kier molecular flexibility index (Phi) is 3.21. The summed E-state index contributed by atoms with van der Waals surface area (Å²) in [4.78, 5) is 30.1. The Bertz CT molecular complexity index is 728. The van der Waals surface area contributed by atoms with E-state index < -0.39 is 11.4 Å². The Hall–Kier alpha value is -1.89. The van der Waals surface area contributed by atoms with Gasteiger partial charge in [-0.1, -0.05) is 11.3 Å². The zero-order valence-electron chi connectivity index (χ0n) is 11.1. The fraction of sp³-hybridized carbons (Fsp3) is 0.462. The molecule has 0 unspecified atom stereocenters. The summed E-state index contributed by atoms with van der Waals surface area (Å²) in [5.41, 5.74) is -0.0227. The van der Waals surface area contributed by atoms with Crippen molar-refractivity contribution >= 4 is 32.8 Å². The molecule has 0 spiro atoms. The van der Waals surface area contributed by atoms with Crippen molar-refractivity contribution in [1.82, 2.24) is 9.55 Å². The number of aromatic nitrogens is 2. The van der Waals surface area contributed by atoms with Crippen molar-refractivity contribution in [1.29, 1.82) is 0 Å². The molecule has 3 rings (SSSR count). The minimum Gasteiger partial charge on any atom is -0.477 e. The van der Waals surface area contributed by atoms with Crippen LogP contribution >= 0.6 is 11.3 Å². The van der Waals surface area contributed by atoms with E-state index in [1.807, 2.05) is 6.92 Å². The maximum atomic E-state index is 12.2. The van der Waals surface area contributed by atoms with Gasteiger partial charge in [0, 0.05) is 25.8 Å². The molecule has 7 heteroatoms. The Balaban J connectivity index is 2.23. The summed E-state index contributed by atoms with van der Waals surface area (Å²) < 4.78 is 2.17. The maximum Gasteiger partial charge on any atom is 0.341 e. The van der Waals surface area contributed by atoms with Gasteiger partial charge in [-0.05, 0) is 19.8 Å². The lowest BCUT2D eigenvalue weighted by atomic mass is 10.2. The van der Waals surface area contributed by atoms with Crippen LogP contribution in [-0.2, 0) is 6.54 Å². The van der Waals surface area contributed by atoms with Gasteiger partial charge in [0.05, 0.1) is 0 Å². The Morgan fingerprint density at radius 1 is 1.45 bits per heavy atom. The number of thiazole rings is 1. The van der Waals surface area contributed by atoms with E-state index in [0.29, 0.717) is 16.9 Å². The molecule has 106 valence electrons. The van der Waals surface area contributed by atoms with Gasteiger partial charge in [-0.3, -0.25) is 4.79 Å². The monoisotopic (exact) mass is 293 g/mol. The number of carboxylic acid groups (broad SMARTS) is 1. The normalized spacial score (nSPS) is 15.2. The number of carboxylic acids is 1. The second-order valence-corrected chi connectivity index (χ2v) is 5.78. The van der Waals surface area contributed by atoms with Crippen molar-refractivity contribution < 1.29 is 9.90 Å². The average molecular weight is 293 g/mol. The number of carbonyl (C=O) groups is 1. The topological polar surface area (TPSA) is 75.4 Å². The van der Waals surface area contributed by atoms with E-state index >= 15 is 0 Å². The molecule has 1 aliphatic heterocycles. The summed E-state index contributed by atoms with van der Waals surface area (Å²) in [6, 6.07) is 0. The van der Waals surface area contributed by atoms with Gasteiger partial charge in [0.15, 0.2) is 10.8 Å². The fourth-order valence-electron chi connectivity index (χ4n) is 2.48. The van der Waals surface area contributed by atoms with Crippen LogP contribution in [0.2, 0.25) is 0 Å². The zero-order chi connectivity index (χ0) is 14.3. The Morgan fingerprint density at radius 2 is 2.15 bits per heavy atom. The molecule has 0 radical (unpaired) electrons. The van der Waals surface area contributed by atoms with E-state index in [-0.39, 0.29) is 5.56 Å². The van der Waals surface area contributed by atoms with Gasteiger partial charge in [-0.25, -0.2) is 9.78 Å². The quantitative estimate of drug-likeness (QED) is 0.933. The van der Waals surface area contributed by atoms with Crippen molar-refractivity contribution in [3.8, 4) is 0 Å². The van der Waals surface area contributed by atoms with Crippen molar-refractivity contribution in [2.24, 2.45) is 0 Å². The van der Waals surface area contributed by atoms with Crippen LogP contribution in [-0.4, -0.2) is 33.7 Å². The molecule has 2 aromatic heterocycles. The first-order valence-electron chi connectivity index (χ1n) is 6.64. The highest BCUT2D eigenvalue weighted by Gasteiger charge is 2.21. The average Bonchev–Trinajstić information content (AvgIpc) is 3.07. The van der Waals surface area contributed by atoms with Gasteiger partial charge in [-0.2, -0.15) is 0 Å². The predicted octanol–water partition coefficient (Wildman–Crippen LogP) is 1.78. The van der Waals surface area contributed by atoms with E-state index in [1.165, 1.54) is 17.5 Å². The molecule has 0 atom stereocenters. The van der Waals surface area contributed by atoms with Gasteiger partial charge in [0.25, 0.3) is 0 Å². The van der Waals surface area contributed by atoms with Gasteiger partial charge < -0.3 is 14.6 Å². The SMILES string of the molecule is CCn1cc(C(=O)O)c(=O)c2sc(N3CCCC3)nc21. The van der Waals surface area contributed by atoms with Crippen LogP contribution in [0.25, 0.3) is 10.3 Å². The summed E-state index contributed by atoms with van der Waals surface area (Å²) in [7, 11) is 0. The zero-order valence-corrected chi connectivity index (χ0v) is 11.9. The van der Waals surface area contributed by atoms with Crippen molar-refractivity contribution in [2.75, 3.05) is 18.0 Å². The highest BCUT2D eigenvalue weighted by molar-refractivity contribution is 7.22. The summed E-state index contributed by atoms with van der Waals surface area (Å²) in [6.07, 6.45) is 3.66. The van der Waals surface area contributed by atoms with E-state index in [0.717, 1.165) is 31.1 Å². The minimum absolute atomic E-state index is 0.184. The Morgan fingerprint density at radius 3 is 2.75 bits per heavy atom. The van der Waals surface area contributed by atoms with Crippen molar-refractivity contribution in [3.05, 3.63) is 22.0 Å². The molecule has 1 aliphatic rings. The maximum absolute atomic E-state index is 12.2. The number of nitrogens with zero attached hydrogens (tertiary/aromatic N) is 3. The van der Waals surface area contributed by atoms with E-state index in [1.54, 1.807) is 4.57 Å². The lowest BCUT2D eigenvalue weighted by Crippen LogP contribution is -2.18. The number of hydrogen-bond acceptors (Lipinski definition) is 5. The van der Waals surface area contributed by atoms with Crippen LogP contribution in [0.1, 0.15) is 30.1 Å². The molecule has 0 bridgehead atoms. The standard InChI is InChI=1S/C13H15N3O3S/c1-2-15-7-8(12(18)19)9(17)10-11(15)14-13(20-10)16-5-3-4-6-16/h7H,2-6H2,1H3,(H,18,19). The van der Waals surface area contributed by atoms with Crippen LogP contribution in [0.15, 0.2) is 11.0 Å². The molecule has 6 nitrogen and oxygen atoms in total. The minimum atomic E-state index is -1.18. The molecular formula is C13H15N3O3S. The van der Waals surface area contributed by atoms with Crippen LogP contribution in [0, 0.1) is 0 Å². The fourth-order valence-corrected chi connectivity index (χ4v) is 3.56. The number of rotatable bonds is 3. The second kappa shape index (κ2) is 4.90. The lowest BCUT2D eigenvalue weighted by Gasteiger charge is -2.11. The van der Waals surface area contributed by atoms with E-state index in [4.69, 9.17) is 5.11 Å². The third kappa shape index (κ3) is 1.98. The highest BCUT2D eigenvalue weighted by atomic mass is 32.1. The molecule has 20 heavy (non-hydrogen) atoms. The summed E-state index contributed by atoms with van der Waals surface area (Å²) >= 11 is 1.30. The third-order valence-electron chi connectivity index (χ3n) is 3.55. The molecule has 0 aliphatic carbocycles. The van der Waals surface area contributed by atoms with Crippen LogP contribution in [0.3, 0.4) is 0 Å². The number of fused-ring (bicyclic) bond motifs is 1. The first-order valence-corrected chi connectivity index (χ1v) is 7.45. The van der Waals surface area contributed by atoms with Crippen LogP contribution in [0.5, 0.6) is 0 Å². The Labute approximate surface area is 119 Å². The molecule has 1 fully saturated rings. The van der Waals surface area contributed by atoms with E-state index in [9.17, 15) is 9.59 Å². The van der Waals surface area contributed by atoms with Gasteiger partial charge in [0.2, 0.25) is 5.43 Å². The smallest absolute Gasteiger partial charge is 0.341 e. The number of aromatic carboxylic acids is 1. The van der Waals surface area contributed by atoms with E-state index in [2.05, 4.69) is 9.88 Å². The molecule has 3 heterocycles. The van der Waals surface area contributed by atoms with Crippen LogP contribution in [0.4, 0.5) is 5.13 Å². The summed E-state index contributed by atoms with van der Waals surface area (Å²) in [5.74, 6) is -1.18. The molecule has 0 amide bonds. The molecule has 0 saturated carbocycles. The first-order chi connectivity index (χ1) is 9.61. The van der Waals surface area contributed by atoms with Gasteiger partial charge in [0.1, 0.15) is 10.3 Å². The largest absolute Gasteiger partial charge is 0.477 e. The number of anilines is 1. The molecule has 1 N–H and O–H groups in total. The van der Waals surface area contributed by atoms with Crippen LogP contribution < -0.4 is 10.3 Å². The number of hydrogen-bond donors (Lipinski definition) is 1. The molecular weight excluding hydrogens is 278 g/mol. The second-order valence-electron chi connectivity index (χ2n) is 4.81. The third-order valence-corrected chi connectivity index (χ3v) is 4.66. The van der Waals surface area contributed by atoms with Crippen molar-refractivity contribution in [3.63, 3.8) is 0 Å². The number of pyridine rings is 1.